The molecule has 162 valence electrons. The number of rotatable bonds is 6. The Hall–Kier alpha value is -3.67. The lowest BCUT2D eigenvalue weighted by Crippen LogP contribution is -2.10. The first-order valence-electron chi connectivity index (χ1n) is 10.9. The van der Waals surface area contributed by atoms with Crippen LogP contribution in [0.4, 0.5) is 16.0 Å². The Morgan fingerprint density at radius 3 is 2.50 bits per heavy atom. The summed E-state index contributed by atoms with van der Waals surface area (Å²) in [6.45, 7) is 0. The fourth-order valence-corrected chi connectivity index (χ4v) is 4.35. The lowest BCUT2D eigenvalue weighted by molar-refractivity contribution is 0.0923. The molecule has 32 heavy (non-hydrogen) atoms. The molecule has 1 fully saturated rings. The van der Waals surface area contributed by atoms with E-state index in [1.165, 1.54) is 6.07 Å². The second-order valence-corrected chi connectivity index (χ2v) is 8.21. The molecule has 2 N–H and O–H groups in total. The van der Waals surface area contributed by atoms with Gasteiger partial charge in [-0.2, -0.15) is 0 Å². The summed E-state index contributed by atoms with van der Waals surface area (Å²) in [5, 5.41) is 3.01. The lowest BCUT2D eigenvalue weighted by Gasteiger charge is -2.10. The first kappa shape index (κ1) is 20.2. The monoisotopic (exact) mass is 429 g/mol. The normalized spacial score (nSPS) is 14.1. The van der Waals surface area contributed by atoms with Gasteiger partial charge in [0.2, 0.25) is 5.95 Å². The number of ketones is 1. The van der Waals surface area contributed by atoms with Crippen LogP contribution in [0.3, 0.4) is 0 Å². The second-order valence-electron chi connectivity index (χ2n) is 8.21. The molecule has 1 heterocycles. The van der Waals surface area contributed by atoms with Crippen LogP contribution in [0.5, 0.6) is 5.75 Å². The van der Waals surface area contributed by atoms with Gasteiger partial charge in [0, 0.05) is 17.5 Å². The van der Waals surface area contributed by atoms with Crippen molar-refractivity contribution in [3.63, 3.8) is 0 Å². The van der Waals surface area contributed by atoms with Crippen LogP contribution in [0.1, 0.15) is 36.0 Å². The Morgan fingerprint density at radius 1 is 1.03 bits per heavy atom. The summed E-state index contributed by atoms with van der Waals surface area (Å²) >= 11 is 0. The molecule has 0 aliphatic heterocycles. The number of hydrogen-bond acceptors (Lipinski definition) is 4. The molecule has 1 aliphatic rings. The first-order valence-corrected chi connectivity index (χ1v) is 10.9. The number of Topliss-reactive ketones (excluding diaryl/α,β-unsaturated/α-hetero) is 1. The zero-order valence-corrected chi connectivity index (χ0v) is 17.8. The minimum atomic E-state index is -0.383. The van der Waals surface area contributed by atoms with Crippen molar-refractivity contribution < 1.29 is 13.9 Å². The van der Waals surface area contributed by atoms with Gasteiger partial charge >= 0.3 is 0 Å². The molecule has 1 aliphatic carbocycles. The van der Waals surface area contributed by atoms with Crippen molar-refractivity contribution in [2.24, 2.45) is 5.92 Å². The molecular weight excluding hydrogens is 405 g/mol. The van der Waals surface area contributed by atoms with E-state index in [1.807, 2.05) is 48.5 Å². The molecule has 0 unspecified atom stereocenters. The van der Waals surface area contributed by atoms with Crippen LogP contribution in [0.15, 0.2) is 60.7 Å². The number of aromatic amines is 1. The van der Waals surface area contributed by atoms with Crippen molar-refractivity contribution >= 4 is 28.5 Å². The number of halogens is 1. The average molecular weight is 429 g/mol. The van der Waals surface area contributed by atoms with Gasteiger partial charge in [-0.1, -0.05) is 43.2 Å². The number of anilines is 2. The van der Waals surface area contributed by atoms with Crippen LogP contribution >= 0.6 is 0 Å². The molecule has 5 rings (SSSR count). The number of aromatic nitrogens is 2. The van der Waals surface area contributed by atoms with Crippen LogP contribution in [-0.2, 0) is 0 Å². The average Bonchev–Trinajstić information content (AvgIpc) is 3.49. The number of imidazole rings is 1. The minimum Gasteiger partial charge on any atom is -0.497 e. The smallest absolute Gasteiger partial charge is 0.205 e. The van der Waals surface area contributed by atoms with Gasteiger partial charge < -0.3 is 15.0 Å². The number of hydrogen-bond donors (Lipinski definition) is 2. The van der Waals surface area contributed by atoms with Crippen LogP contribution in [0, 0.1) is 11.7 Å². The standard InChI is InChI=1S/C26H24FN3O2/c1-32-20-11-13-23-24(15-20)30-26(29-23)28-22-12-10-19(14-21(22)27)16-6-8-18(9-7-16)25(31)17-4-2-3-5-17/h6-15,17H,2-5H2,1H3,(H2,28,29,30). The van der Waals surface area contributed by atoms with Crippen LogP contribution in [-0.4, -0.2) is 22.9 Å². The maximum atomic E-state index is 14.8. The molecule has 0 amide bonds. The molecule has 0 spiro atoms. The highest BCUT2D eigenvalue weighted by Crippen LogP contribution is 2.30. The zero-order chi connectivity index (χ0) is 22.1. The predicted molar refractivity (Wildman–Crippen MR) is 124 cm³/mol. The van der Waals surface area contributed by atoms with Gasteiger partial charge in [0.25, 0.3) is 0 Å². The van der Waals surface area contributed by atoms with Crippen molar-refractivity contribution in [2.75, 3.05) is 12.4 Å². The molecular formula is C26H24FN3O2. The molecule has 5 nitrogen and oxygen atoms in total. The largest absolute Gasteiger partial charge is 0.497 e. The molecule has 0 bridgehead atoms. The Kier molecular flexibility index (Phi) is 5.35. The SMILES string of the molecule is COc1ccc2nc(Nc3ccc(-c4ccc(C(=O)C5CCCC5)cc4)cc3F)[nH]c2c1. The molecule has 0 atom stereocenters. The molecule has 4 aromatic rings. The van der Waals surface area contributed by atoms with Gasteiger partial charge in [-0.3, -0.25) is 4.79 Å². The van der Waals surface area contributed by atoms with E-state index in [9.17, 15) is 9.18 Å². The third kappa shape index (κ3) is 3.96. The minimum absolute atomic E-state index is 0.156. The lowest BCUT2D eigenvalue weighted by atomic mass is 9.94. The Bertz CT molecular complexity index is 1270. The van der Waals surface area contributed by atoms with E-state index >= 15 is 0 Å². The van der Waals surface area contributed by atoms with E-state index in [4.69, 9.17) is 4.74 Å². The van der Waals surface area contributed by atoms with E-state index in [0.717, 1.165) is 59.2 Å². The first-order chi connectivity index (χ1) is 15.6. The third-order valence-corrected chi connectivity index (χ3v) is 6.14. The van der Waals surface area contributed by atoms with Gasteiger partial charge in [0.05, 0.1) is 23.8 Å². The van der Waals surface area contributed by atoms with Gasteiger partial charge in [-0.15, -0.1) is 0 Å². The van der Waals surface area contributed by atoms with Crippen molar-refractivity contribution in [2.45, 2.75) is 25.7 Å². The van der Waals surface area contributed by atoms with Crippen molar-refractivity contribution in [1.82, 2.24) is 9.97 Å². The van der Waals surface area contributed by atoms with Gasteiger partial charge in [0.15, 0.2) is 5.78 Å². The van der Waals surface area contributed by atoms with Crippen LogP contribution < -0.4 is 10.1 Å². The number of fused-ring (bicyclic) bond motifs is 1. The molecule has 6 heteroatoms. The summed E-state index contributed by atoms with van der Waals surface area (Å²) in [5.41, 5.74) is 4.25. The zero-order valence-electron chi connectivity index (χ0n) is 17.8. The summed E-state index contributed by atoms with van der Waals surface area (Å²) in [4.78, 5) is 20.2. The highest BCUT2D eigenvalue weighted by Gasteiger charge is 2.23. The summed E-state index contributed by atoms with van der Waals surface area (Å²) in [7, 11) is 1.61. The van der Waals surface area contributed by atoms with Crippen molar-refractivity contribution in [1.29, 1.82) is 0 Å². The molecule has 1 saturated carbocycles. The second kappa shape index (κ2) is 8.46. The Balaban J connectivity index is 1.33. The van der Waals surface area contributed by atoms with Crippen molar-refractivity contribution in [3.05, 3.63) is 72.0 Å². The van der Waals surface area contributed by atoms with Crippen LogP contribution in [0.2, 0.25) is 0 Å². The van der Waals surface area contributed by atoms with Gasteiger partial charge in [-0.05, 0) is 48.2 Å². The fourth-order valence-electron chi connectivity index (χ4n) is 4.35. The van der Waals surface area contributed by atoms with E-state index < -0.39 is 0 Å². The summed E-state index contributed by atoms with van der Waals surface area (Å²) in [6.07, 6.45) is 4.24. The summed E-state index contributed by atoms with van der Waals surface area (Å²) in [5.74, 6) is 1.17. The molecule has 3 aromatic carbocycles. The van der Waals surface area contributed by atoms with Gasteiger partial charge in [-0.25, -0.2) is 9.37 Å². The topological polar surface area (TPSA) is 67.0 Å². The maximum absolute atomic E-state index is 14.8. The molecule has 0 saturated heterocycles. The molecule has 1 aromatic heterocycles. The van der Waals surface area contributed by atoms with Crippen molar-refractivity contribution in [3.8, 4) is 16.9 Å². The number of benzene rings is 3. The maximum Gasteiger partial charge on any atom is 0.205 e. The van der Waals surface area contributed by atoms with Crippen LogP contribution in [0.25, 0.3) is 22.2 Å². The predicted octanol–water partition coefficient (Wildman–Crippen LogP) is 6.49. The fraction of sp³-hybridized carbons (Fsp3) is 0.231. The van der Waals surface area contributed by atoms with Gasteiger partial charge in [0.1, 0.15) is 11.6 Å². The highest BCUT2D eigenvalue weighted by atomic mass is 19.1. The number of nitrogens with one attached hydrogen (secondary N) is 2. The summed E-state index contributed by atoms with van der Waals surface area (Å²) < 4.78 is 20.1. The number of carbonyl (C=O) groups excluding carboxylic acids is 1. The number of H-pyrrole nitrogens is 1. The van der Waals surface area contributed by atoms with E-state index in [0.29, 0.717) is 11.6 Å². The number of nitrogens with zero attached hydrogens (tertiary/aromatic N) is 1. The quantitative estimate of drug-likeness (QED) is 0.344. The van der Waals surface area contributed by atoms with E-state index in [1.54, 1.807) is 13.2 Å². The number of methoxy groups -OCH3 is 1. The van der Waals surface area contributed by atoms with E-state index in [-0.39, 0.29) is 17.5 Å². The third-order valence-electron chi connectivity index (χ3n) is 6.14. The summed E-state index contributed by atoms with van der Waals surface area (Å²) in [6, 6.07) is 18.0. The molecule has 0 radical (unpaired) electrons. The Morgan fingerprint density at radius 2 is 1.78 bits per heavy atom. The highest BCUT2D eigenvalue weighted by molar-refractivity contribution is 5.98. The number of carbonyl (C=O) groups is 1. The van der Waals surface area contributed by atoms with E-state index in [2.05, 4.69) is 15.3 Å². The Labute approximate surface area is 185 Å². The number of ether oxygens (including phenoxy) is 1.